The topological polar surface area (TPSA) is 59.6 Å². The number of halogens is 1. The Balaban J connectivity index is 0.00000176. The predicted molar refractivity (Wildman–Crippen MR) is 86.8 cm³/mol. The van der Waals surface area contributed by atoms with E-state index in [0.717, 1.165) is 25.9 Å². The van der Waals surface area contributed by atoms with Crippen LogP contribution in [0, 0.1) is 5.41 Å². The van der Waals surface area contributed by atoms with E-state index >= 15 is 0 Å². The van der Waals surface area contributed by atoms with Crippen LogP contribution in [0.3, 0.4) is 0 Å². The van der Waals surface area contributed by atoms with Gasteiger partial charge >= 0.3 is 0 Å². The third-order valence-electron chi connectivity index (χ3n) is 4.30. The zero-order valence-electron chi connectivity index (χ0n) is 12.8. The molecule has 1 amide bonds. The minimum absolute atomic E-state index is 0. The number of benzene rings is 1. The Morgan fingerprint density at radius 3 is 2.73 bits per heavy atom. The molecule has 1 unspecified atom stereocenters. The summed E-state index contributed by atoms with van der Waals surface area (Å²) in [4.78, 5) is 12.3. The molecule has 1 atom stereocenters. The van der Waals surface area contributed by atoms with Crippen molar-refractivity contribution in [2.45, 2.75) is 25.9 Å². The molecular weight excluding hydrogens is 304 g/mol. The van der Waals surface area contributed by atoms with E-state index < -0.39 is 6.10 Å². The number of rotatable bonds is 3. The van der Waals surface area contributed by atoms with Gasteiger partial charge in [0.2, 0.25) is 6.10 Å². The highest BCUT2D eigenvalue weighted by atomic mass is 35.5. The van der Waals surface area contributed by atoms with Crippen molar-refractivity contribution in [3.63, 3.8) is 0 Å². The van der Waals surface area contributed by atoms with E-state index in [1.807, 2.05) is 24.3 Å². The second kappa shape index (κ2) is 7.20. The molecule has 0 saturated carbocycles. The lowest BCUT2D eigenvalue weighted by atomic mass is 9.81. The van der Waals surface area contributed by atoms with E-state index in [0.29, 0.717) is 18.0 Å². The molecule has 0 spiro atoms. The van der Waals surface area contributed by atoms with Crippen LogP contribution in [-0.4, -0.2) is 38.3 Å². The van der Waals surface area contributed by atoms with Crippen LogP contribution in [0.4, 0.5) is 0 Å². The molecule has 5 nitrogen and oxygen atoms in total. The molecule has 0 aromatic heterocycles. The first kappa shape index (κ1) is 16.9. The molecule has 2 heterocycles. The fourth-order valence-electron chi connectivity index (χ4n) is 2.77. The van der Waals surface area contributed by atoms with Crippen molar-refractivity contribution in [2.24, 2.45) is 5.41 Å². The van der Waals surface area contributed by atoms with Gasteiger partial charge in [-0.05, 0) is 43.5 Å². The van der Waals surface area contributed by atoms with Crippen molar-refractivity contribution in [3.8, 4) is 11.5 Å². The van der Waals surface area contributed by atoms with Gasteiger partial charge < -0.3 is 20.1 Å². The molecular formula is C16H23ClN2O3. The first-order valence-electron chi connectivity index (χ1n) is 7.53. The zero-order chi connectivity index (χ0) is 14.7. The van der Waals surface area contributed by atoms with E-state index in [9.17, 15) is 4.79 Å². The summed E-state index contributed by atoms with van der Waals surface area (Å²) in [5.74, 6) is 1.24. The zero-order valence-corrected chi connectivity index (χ0v) is 13.6. The van der Waals surface area contributed by atoms with E-state index in [2.05, 4.69) is 17.6 Å². The molecule has 0 bridgehead atoms. The molecule has 122 valence electrons. The summed E-state index contributed by atoms with van der Waals surface area (Å²) >= 11 is 0. The Hall–Kier alpha value is -1.46. The van der Waals surface area contributed by atoms with E-state index in [-0.39, 0.29) is 30.3 Å². The minimum atomic E-state index is -0.565. The number of carbonyl (C=O) groups excluding carboxylic acids is 1. The van der Waals surface area contributed by atoms with Crippen LogP contribution in [0.2, 0.25) is 0 Å². The maximum atomic E-state index is 12.3. The molecule has 1 aromatic rings. The summed E-state index contributed by atoms with van der Waals surface area (Å²) in [6.45, 7) is 5.21. The summed E-state index contributed by atoms with van der Waals surface area (Å²) in [5, 5.41) is 6.37. The lowest BCUT2D eigenvalue weighted by Crippen LogP contribution is -2.48. The van der Waals surface area contributed by atoms with Crippen molar-refractivity contribution >= 4 is 18.3 Å². The van der Waals surface area contributed by atoms with Gasteiger partial charge in [0.15, 0.2) is 11.5 Å². The van der Waals surface area contributed by atoms with Crippen LogP contribution in [0.5, 0.6) is 11.5 Å². The number of carbonyl (C=O) groups is 1. The fourth-order valence-corrected chi connectivity index (χ4v) is 2.77. The van der Waals surface area contributed by atoms with Crippen molar-refractivity contribution < 1.29 is 14.3 Å². The van der Waals surface area contributed by atoms with Gasteiger partial charge in [-0.2, -0.15) is 0 Å². The lowest BCUT2D eigenvalue weighted by molar-refractivity contribution is -0.130. The SMILES string of the molecule is CC1(CNC(=O)C2COc3ccccc3O2)CCNCC1.Cl. The van der Waals surface area contributed by atoms with Crippen LogP contribution < -0.4 is 20.1 Å². The highest BCUT2D eigenvalue weighted by molar-refractivity contribution is 5.85. The van der Waals surface area contributed by atoms with Gasteiger partial charge in [0, 0.05) is 6.54 Å². The maximum absolute atomic E-state index is 12.3. The Bertz CT molecular complexity index is 518. The van der Waals surface area contributed by atoms with E-state index in [4.69, 9.17) is 9.47 Å². The molecule has 2 aliphatic rings. The average Bonchev–Trinajstić information content (AvgIpc) is 2.53. The van der Waals surface area contributed by atoms with Crippen molar-refractivity contribution in [3.05, 3.63) is 24.3 Å². The van der Waals surface area contributed by atoms with Gasteiger partial charge in [-0.3, -0.25) is 4.79 Å². The Morgan fingerprint density at radius 1 is 1.32 bits per heavy atom. The smallest absolute Gasteiger partial charge is 0.264 e. The predicted octanol–water partition coefficient (Wildman–Crippen LogP) is 1.75. The Labute approximate surface area is 137 Å². The molecule has 6 heteroatoms. The number of para-hydroxylation sites is 2. The maximum Gasteiger partial charge on any atom is 0.264 e. The number of amides is 1. The van der Waals surface area contributed by atoms with Crippen LogP contribution in [0.15, 0.2) is 24.3 Å². The van der Waals surface area contributed by atoms with Gasteiger partial charge in [0.05, 0.1) is 0 Å². The summed E-state index contributed by atoms with van der Waals surface area (Å²) in [6.07, 6.45) is 1.60. The third kappa shape index (κ3) is 3.84. The highest BCUT2D eigenvalue weighted by Gasteiger charge is 2.31. The van der Waals surface area contributed by atoms with Crippen LogP contribution >= 0.6 is 12.4 Å². The molecule has 3 rings (SSSR count). The number of hydrogen-bond donors (Lipinski definition) is 2. The molecule has 2 aliphatic heterocycles. The van der Waals surface area contributed by atoms with Gasteiger partial charge in [0.25, 0.3) is 5.91 Å². The Kier molecular flexibility index (Phi) is 5.53. The lowest BCUT2D eigenvalue weighted by Gasteiger charge is -2.35. The van der Waals surface area contributed by atoms with E-state index in [1.54, 1.807) is 0 Å². The molecule has 2 N–H and O–H groups in total. The summed E-state index contributed by atoms with van der Waals surface area (Å²) in [6, 6.07) is 7.43. The molecule has 1 aromatic carbocycles. The van der Waals surface area contributed by atoms with Crippen LogP contribution in [-0.2, 0) is 4.79 Å². The second-order valence-corrected chi connectivity index (χ2v) is 6.14. The van der Waals surface area contributed by atoms with Crippen LogP contribution in [0.25, 0.3) is 0 Å². The second-order valence-electron chi connectivity index (χ2n) is 6.14. The first-order valence-corrected chi connectivity index (χ1v) is 7.53. The Morgan fingerprint density at radius 2 is 2.00 bits per heavy atom. The van der Waals surface area contributed by atoms with Gasteiger partial charge in [-0.1, -0.05) is 19.1 Å². The number of nitrogens with one attached hydrogen (secondary N) is 2. The number of piperidine rings is 1. The van der Waals surface area contributed by atoms with Gasteiger partial charge in [-0.15, -0.1) is 12.4 Å². The van der Waals surface area contributed by atoms with E-state index in [1.165, 1.54) is 0 Å². The number of fused-ring (bicyclic) bond motifs is 1. The summed E-state index contributed by atoms with van der Waals surface area (Å²) < 4.78 is 11.3. The fraction of sp³-hybridized carbons (Fsp3) is 0.562. The molecule has 1 fully saturated rings. The quantitative estimate of drug-likeness (QED) is 0.888. The highest BCUT2D eigenvalue weighted by Crippen LogP contribution is 2.31. The van der Waals surface area contributed by atoms with Gasteiger partial charge in [0.1, 0.15) is 6.61 Å². The third-order valence-corrected chi connectivity index (χ3v) is 4.30. The van der Waals surface area contributed by atoms with Crippen molar-refractivity contribution in [1.82, 2.24) is 10.6 Å². The monoisotopic (exact) mass is 326 g/mol. The normalized spacial score (nSPS) is 22.3. The van der Waals surface area contributed by atoms with Gasteiger partial charge in [-0.25, -0.2) is 0 Å². The van der Waals surface area contributed by atoms with Crippen LogP contribution in [0.1, 0.15) is 19.8 Å². The minimum Gasteiger partial charge on any atom is -0.485 e. The number of hydrogen-bond acceptors (Lipinski definition) is 4. The first-order chi connectivity index (χ1) is 10.2. The molecule has 1 saturated heterocycles. The molecule has 0 radical (unpaired) electrons. The largest absolute Gasteiger partial charge is 0.485 e. The standard InChI is InChI=1S/C16H22N2O3.ClH/c1-16(6-8-17-9-7-16)11-18-15(19)14-10-20-12-4-2-3-5-13(12)21-14;/h2-5,14,17H,6-11H2,1H3,(H,18,19);1H. The van der Waals surface area contributed by atoms with Crippen molar-refractivity contribution in [2.75, 3.05) is 26.2 Å². The molecule has 0 aliphatic carbocycles. The molecule has 22 heavy (non-hydrogen) atoms. The summed E-state index contributed by atoms with van der Waals surface area (Å²) in [5.41, 5.74) is 0.175. The number of ether oxygens (including phenoxy) is 2. The summed E-state index contributed by atoms with van der Waals surface area (Å²) in [7, 11) is 0. The van der Waals surface area contributed by atoms with Crippen molar-refractivity contribution in [1.29, 1.82) is 0 Å². The average molecular weight is 327 g/mol.